The van der Waals surface area contributed by atoms with E-state index < -0.39 is 0 Å². The van der Waals surface area contributed by atoms with E-state index in [1.54, 1.807) is 23.1 Å². The van der Waals surface area contributed by atoms with Crippen molar-refractivity contribution in [2.24, 2.45) is 5.84 Å². The number of hydrogen-bond acceptors (Lipinski definition) is 6. The Kier molecular flexibility index (Phi) is 3.63. The topological polar surface area (TPSA) is 63.8 Å². The monoisotopic (exact) mass is 254 g/mol. The summed E-state index contributed by atoms with van der Waals surface area (Å²) in [6.07, 6.45) is 1.12. The zero-order valence-electron chi connectivity index (χ0n) is 9.23. The van der Waals surface area contributed by atoms with E-state index >= 15 is 0 Å². The number of aromatic nitrogens is 2. The van der Waals surface area contributed by atoms with Crippen LogP contribution in [0.5, 0.6) is 0 Å². The second-order valence-corrected chi connectivity index (χ2v) is 5.79. The van der Waals surface area contributed by atoms with Crippen LogP contribution in [0.25, 0.3) is 10.2 Å². The van der Waals surface area contributed by atoms with Crippen molar-refractivity contribution in [2.75, 3.05) is 5.43 Å². The molecule has 0 saturated carbocycles. The van der Waals surface area contributed by atoms with Crippen LogP contribution in [0, 0.1) is 0 Å². The van der Waals surface area contributed by atoms with Crippen molar-refractivity contribution in [2.45, 2.75) is 30.5 Å². The first-order valence-corrected chi connectivity index (χ1v) is 6.89. The molecule has 0 spiro atoms. The molecule has 2 rings (SSSR count). The number of nitrogen functional groups attached to an aromatic ring is 1. The highest BCUT2D eigenvalue weighted by Gasteiger charge is 2.11. The number of thioether (sulfide) groups is 1. The first-order valence-electron chi connectivity index (χ1n) is 5.13. The average molecular weight is 254 g/mol. The zero-order valence-corrected chi connectivity index (χ0v) is 10.9. The van der Waals surface area contributed by atoms with E-state index in [9.17, 15) is 0 Å². The van der Waals surface area contributed by atoms with E-state index in [4.69, 9.17) is 5.84 Å². The predicted octanol–water partition coefficient (Wildman–Crippen LogP) is 2.87. The summed E-state index contributed by atoms with van der Waals surface area (Å²) in [5.41, 5.74) is 2.51. The summed E-state index contributed by atoms with van der Waals surface area (Å²) in [7, 11) is 0. The van der Waals surface area contributed by atoms with Crippen LogP contribution in [0.1, 0.15) is 20.3 Å². The molecular weight excluding hydrogens is 240 g/mol. The quantitative estimate of drug-likeness (QED) is 0.380. The molecule has 86 valence electrons. The van der Waals surface area contributed by atoms with Crippen LogP contribution >= 0.6 is 23.1 Å². The van der Waals surface area contributed by atoms with Crippen molar-refractivity contribution in [3.8, 4) is 0 Å². The zero-order chi connectivity index (χ0) is 11.5. The van der Waals surface area contributed by atoms with Crippen LogP contribution in [0.2, 0.25) is 0 Å². The fourth-order valence-corrected chi connectivity index (χ4v) is 3.06. The number of fused-ring (bicyclic) bond motifs is 1. The lowest BCUT2D eigenvalue weighted by Gasteiger charge is -2.09. The van der Waals surface area contributed by atoms with Gasteiger partial charge in [0.25, 0.3) is 0 Å². The highest BCUT2D eigenvalue weighted by molar-refractivity contribution is 8.00. The highest BCUT2D eigenvalue weighted by Crippen LogP contribution is 2.32. The lowest BCUT2D eigenvalue weighted by atomic mass is 10.4. The van der Waals surface area contributed by atoms with Gasteiger partial charge in [0.05, 0.1) is 0 Å². The number of hydrogen-bond donors (Lipinski definition) is 2. The molecule has 16 heavy (non-hydrogen) atoms. The fraction of sp³-hybridized carbons (Fsp3) is 0.400. The standard InChI is InChI=1S/C10H14N4S2/c1-3-6(2)16-9-7-4-5-15-8(7)12-10(13-9)14-11/h4-6H,3,11H2,1-2H3,(H,12,13,14). The number of rotatable bonds is 4. The van der Waals surface area contributed by atoms with Crippen molar-refractivity contribution < 1.29 is 0 Å². The summed E-state index contributed by atoms with van der Waals surface area (Å²) >= 11 is 3.37. The molecule has 0 aliphatic carbocycles. The molecule has 4 nitrogen and oxygen atoms in total. The third kappa shape index (κ3) is 2.28. The summed E-state index contributed by atoms with van der Waals surface area (Å²) < 4.78 is 0. The summed E-state index contributed by atoms with van der Waals surface area (Å²) in [4.78, 5) is 9.69. The van der Waals surface area contributed by atoms with Crippen molar-refractivity contribution in [1.29, 1.82) is 0 Å². The van der Waals surface area contributed by atoms with Gasteiger partial charge >= 0.3 is 0 Å². The van der Waals surface area contributed by atoms with E-state index in [1.807, 2.05) is 5.38 Å². The van der Waals surface area contributed by atoms with Gasteiger partial charge in [0.1, 0.15) is 9.86 Å². The second-order valence-electron chi connectivity index (χ2n) is 3.47. The normalized spacial score (nSPS) is 12.9. The average Bonchev–Trinajstić information content (AvgIpc) is 2.76. The Morgan fingerprint density at radius 2 is 2.38 bits per heavy atom. The third-order valence-corrected chi connectivity index (χ3v) is 4.38. The molecule has 1 unspecified atom stereocenters. The van der Waals surface area contributed by atoms with Gasteiger partial charge in [-0.1, -0.05) is 13.8 Å². The molecule has 2 aromatic heterocycles. The molecule has 0 radical (unpaired) electrons. The SMILES string of the molecule is CCC(C)Sc1nc(NN)nc2sccc12. The van der Waals surface area contributed by atoms with E-state index in [-0.39, 0.29) is 0 Å². The van der Waals surface area contributed by atoms with Crippen molar-refractivity contribution in [3.63, 3.8) is 0 Å². The fourth-order valence-electron chi connectivity index (χ4n) is 1.26. The maximum atomic E-state index is 5.36. The van der Waals surface area contributed by atoms with Crippen LogP contribution in [0.15, 0.2) is 16.5 Å². The van der Waals surface area contributed by atoms with Gasteiger partial charge in [-0.3, -0.25) is 5.43 Å². The van der Waals surface area contributed by atoms with Gasteiger partial charge in [-0.25, -0.2) is 15.8 Å². The van der Waals surface area contributed by atoms with Gasteiger partial charge in [-0.05, 0) is 17.9 Å². The number of thiophene rings is 1. The Labute approximate surface area is 103 Å². The maximum absolute atomic E-state index is 5.36. The first kappa shape index (κ1) is 11.6. The third-order valence-electron chi connectivity index (χ3n) is 2.31. The molecule has 2 aromatic rings. The largest absolute Gasteiger partial charge is 0.292 e. The van der Waals surface area contributed by atoms with E-state index in [1.165, 1.54) is 0 Å². The van der Waals surface area contributed by atoms with Gasteiger partial charge in [0.15, 0.2) is 0 Å². The van der Waals surface area contributed by atoms with E-state index in [0.29, 0.717) is 11.2 Å². The lowest BCUT2D eigenvalue weighted by Crippen LogP contribution is -2.10. The minimum atomic E-state index is 0.487. The smallest absolute Gasteiger partial charge is 0.239 e. The molecule has 0 amide bonds. The van der Waals surface area contributed by atoms with Gasteiger partial charge in [0, 0.05) is 10.6 Å². The van der Waals surface area contributed by atoms with Crippen LogP contribution in [-0.4, -0.2) is 15.2 Å². The minimum Gasteiger partial charge on any atom is -0.292 e. The van der Waals surface area contributed by atoms with Crippen LogP contribution < -0.4 is 11.3 Å². The Bertz CT molecular complexity index is 483. The molecule has 0 aromatic carbocycles. The van der Waals surface area contributed by atoms with Gasteiger partial charge in [-0.2, -0.15) is 0 Å². The van der Waals surface area contributed by atoms with Crippen molar-refractivity contribution in [3.05, 3.63) is 11.4 Å². The first-order chi connectivity index (χ1) is 7.74. The summed E-state index contributed by atoms with van der Waals surface area (Å²) in [6, 6.07) is 2.06. The van der Waals surface area contributed by atoms with Crippen molar-refractivity contribution in [1.82, 2.24) is 9.97 Å². The van der Waals surface area contributed by atoms with E-state index in [2.05, 4.69) is 35.3 Å². The number of nitrogens with one attached hydrogen (secondary N) is 1. The van der Waals surface area contributed by atoms with Crippen LogP contribution in [-0.2, 0) is 0 Å². The van der Waals surface area contributed by atoms with Crippen molar-refractivity contribution >= 4 is 39.3 Å². The maximum Gasteiger partial charge on any atom is 0.239 e. The second kappa shape index (κ2) is 4.99. The molecule has 0 aliphatic rings. The molecular formula is C10H14N4S2. The molecule has 0 aliphatic heterocycles. The molecule has 3 N–H and O–H groups in total. The Morgan fingerprint density at radius 3 is 3.06 bits per heavy atom. The molecule has 0 saturated heterocycles. The van der Waals surface area contributed by atoms with Gasteiger partial charge in [-0.15, -0.1) is 23.1 Å². The molecule has 2 heterocycles. The van der Waals surface area contributed by atoms with Gasteiger partial charge in [0.2, 0.25) is 5.95 Å². The molecule has 0 bridgehead atoms. The Hall–Kier alpha value is -0.850. The highest BCUT2D eigenvalue weighted by atomic mass is 32.2. The van der Waals surface area contributed by atoms with Gasteiger partial charge < -0.3 is 0 Å². The minimum absolute atomic E-state index is 0.487. The predicted molar refractivity (Wildman–Crippen MR) is 70.8 cm³/mol. The number of nitrogens with two attached hydrogens (primary N) is 1. The number of nitrogens with zero attached hydrogens (tertiary/aromatic N) is 2. The Balaban J connectivity index is 2.44. The number of anilines is 1. The molecule has 1 atom stereocenters. The molecule has 0 fully saturated rings. The Morgan fingerprint density at radius 1 is 1.56 bits per heavy atom. The summed E-state index contributed by atoms with van der Waals surface area (Å²) in [5.74, 6) is 5.85. The lowest BCUT2D eigenvalue weighted by molar-refractivity contribution is 0.901. The summed E-state index contributed by atoms with van der Waals surface area (Å²) in [6.45, 7) is 4.37. The molecule has 6 heteroatoms. The van der Waals surface area contributed by atoms with Crippen LogP contribution in [0.4, 0.5) is 5.95 Å². The summed E-state index contributed by atoms with van der Waals surface area (Å²) in [5, 5.41) is 4.70. The van der Waals surface area contributed by atoms with Crippen LogP contribution in [0.3, 0.4) is 0 Å². The number of hydrazine groups is 1. The van der Waals surface area contributed by atoms with E-state index in [0.717, 1.165) is 21.7 Å².